The fourth-order valence-corrected chi connectivity index (χ4v) is 3.88. The first-order valence-electron chi connectivity index (χ1n) is 8.20. The Morgan fingerprint density at radius 3 is 2.30 bits per heavy atom. The first-order chi connectivity index (χ1) is 12.6. The van der Waals surface area contributed by atoms with Crippen LogP contribution in [0.15, 0.2) is 54.6 Å². The van der Waals surface area contributed by atoms with Crippen LogP contribution in [0.25, 0.3) is 0 Å². The Labute approximate surface area is 158 Å². The van der Waals surface area contributed by atoms with Gasteiger partial charge in [0.2, 0.25) is 15.9 Å². The topological polar surface area (TPSA) is 110 Å². The number of non-ortho nitro benzene ring substituents is 1. The molecule has 0 spiro atoms. The van der Waals surface area contributed by atoms with Crippen LogP contribution in [0, 0.1) is 10.1 Å². The highest BCUT2D eigenvalue weighted by molar-refractivity contribution is 7.92. The van der Waals surface area contributed by atoms with E-state index in [1.165, 1.54) is 25.1 Å². The molecule has 0 heterocycles. The highest BCUT2D eigenvalue weighted by Crippen LogP contribution is 2.25. The summed E-state index contributed by atoms with van der Waals surface area (Å²) in [5.74, 6) is -0.511. The summed E-state index contributed by atoms with van der Waals surface area (Å²) in [6, 6.07) is 13.0. The lowest BCUT2D eigenvalue weighted by atomic mass is 10.1. The number of carbonyl (C=O) groups excluding carboxylic acids is 1. The highest BCUT2D eigenvalue weighted by Gasteiger charge is 2.30. The van der Waals surface area contributed by atoms with Gasteiger partial charge in [-0.05, 0) is 25.5 Å². The standard InChI is InChI=1S/C18H21N3O5S/c1-13(15-8-5-4-6-9-15)19-18(22)14(2)20(27(3,25)26)16-10-7-11-17(12-16)21(23)24/h4-14H,1-3H3,(H,19,22)/t13-,14+/m0/s1. The minimum atomic E-state index is -3.86. The van der Waals surface area contributed by atoms with Gasteiger partial charge in [0.1, 0.15) is 6.04 Å². The van der Waals surface area contributed by atoms with Gasteiger partial charge in [-0.1, -0.05) is 36.4 Å². The van der Waals surface area contributed by atoms with Crippen molar-refractivity contribution in [1.29, 1.82) is 0 Å². The fraction of sp³-hybridized carbons (Fsp3) is 0.278. The molecule has 2 aromatic rings. The van der Waals surface area contributed by atoms with Crippen molar-refractivity contribution in [3.05, 3.63) is 70.3 Å². The number of nitro benzene ring substituents is 1. The minimum absolute atomic E-state index is 0.0571. The van der Waals surface area contributed by atoms with E-state index < -0.39 is 26.9 Å². The van der Waals surface area contributed by atoms with Crippen LogP contribution in [0.4, 0.5) is 11.4 Å². The molecule has 0 bridgehead atoms. The Morgan fingerprint density at radius 2 is 1.74 bits per heavy atom. The number of hydrogen-bond donors (Lipinski definition) is 1. The average molecular weight is 391 g/mol. The van der Waals surface area contributed by atoms with Crippen molar-refractivity contribution in [3.63, 3.8) is 0 Å². The van der Waals surface area contributed by atoms with Gasteiger partial charge in [-0.15, -0.1) is 0 Å². The number of sulfonamides is 1. The molecular weight excluding hydrogens is 370 g/mol. The predicted octanol–water partition coefficient (Wildman–Crippen LogP) is 2.63. The molecule has 27 heavy (non-hydrogen) atoms. The van der Waals surface area contributed by atoms with Crippen molar-refractivity contribution in [2.75, 3.05) is 10.6 Å². The van der Waals surface area contributed by atoms with Crippen LogP contribution in [0.5, 0.6) is 0 Å². The lowest BCUT2D eigenvalue weighted by Gasteiger charge is -2.29. The second-order valence-corrected chi connectivity index (χ2v) is 8.01. The zero-order chi connectivity index (χ0) is 20.2. The summed E-state index contributed by atoms with van der Waals surface area (Å²) in [5, 5.41) is 13.8. The van der Waals surface area contributed by atoms with Gasteiger partial charge in [0.05, 0.1) is 22.9 Å². The summed E-state index contributed by atoms with van der Waals surface area (Å²) in [6.45, 7) is 3.23. The molecule has 2 atom stereocenters. The summed E-state index contributed by atoms with van der Waals surface area (Å²) >= 11 is 0. The lowest BCUT2D eigenvalue weighted by molar-refractivity contribution is -0.384. The summed E-state index contributed by atoms with van der Waals surface area (Å²) < 4.78 is 25.5. The molecule has 1 amide bonds. The molecule has 0 unspecified atom stereocenters. The molecule has 144 valence electrons. The van der Waals surface area contributed by atoms with Gasteiger partial charge in [-0.2, -0.15) is 0 Å². The van der Waals surface area contributed by atoms with Crippen LogP contribution in [0.3, 0.4) is 0 Å². The molecule has 2 aromatic carbocycles. The second kappa shape index (κ2) is 8.17. The zero-order valence-electron chi connectivity index (χ0n) is 15.2. The number of carbonyl (C=O) groups is 1. The number of nitrogens with one attached hydrogen (secondary N) is 1. The average Bonchev–Trinajstić information content (AvgIpc) is 2.61. The third-order valence-electron chi connectivity index (χ3n) is 4.04. The molecule has 0 aromatic heterocycles. The Kier molecular flexibility index (Phi) is 6.17. The van der Waals surface area contributed by atoms with Crippen LogP contribution in [-0.2, 0) is 14.8 Å². The zero-order valence-corrected chi connectivity index (χ0v) is 16.0. The molecule has 1 N–H and O–H groups in total. The van der Waals surface area contributed by atoms with Crippen molar-refractivity contribution in [3.8, 4) is 0 Å². The van der Waals surface area contributed by atoms with Crippen LogP contribution < -0.4 is 9.62 Å². The van der Waals surface area contributed by atoms with Gasteiger partial charge in [0.15, 0.2) is 0 Å². The van der Waals surface area contributed by atoms with Gasteiger partial charge in [-0.3, -0.25) is 19.2 Å². The maximum atomic E-state index is 12.7. The number of hydrogen-bond acceptors (Lipinski definition) is 5. The van der Waals surface area contributed by atoms with E-state index in [2.05, 4.69) is 5.32 Å². The quantitative estimate of drug-likeness (QED) is 0.576. The number of nitrogens with zero attached hydrogens (tertiary/aromatic N) is 2. The lowest BCUT2D eigenvalue weighted by Crippen LogP contribution is -2.48. The molecule has 8 nitrogen and oxygen atoms in total. The molecule has 2 rings (SSSR count). The molecule has 0 aliphatic heterocycles. The van der Waals surface area contributed by atoms with E-state index in [0.717, 1.165) is 22.2 Å². The highest BCUT2D eigenvalue weighted by atomic mass is 32.2. The minimum Gasteiger partial charge on any atom is -0.348 e. The van der Waals surface area contributed by atoms with Crippen LogP contribution in [-0.4, -0.2) is 31.5 Å². The number of benzene rings is 2. The number of amides is 1. The third kappa shape index (κ3) is 5.04. The predicted molar refractivity (Wildman–Crippen MR) is 103 cm³/mol. The molecular formula is C18H21N3O5S. The summed E-state index contributed by atoms with van der Waals surface area (Å²) in [4.78, 5) is 23.0. The Hall–Kier alpha value is -2.94. The van der Waals surface area contributed by atoms with E-state index in [-0.39, 0.29) is 17.4 Å². The molecule has 0 saturated heterocycles. The Bertz CT molecular complexity index is 931. The van der Waals surface area contributed by atoms with Gasteiger partial charge < -0.3 is 5.32 Å². The van der Waals surface area contributed by atoms with E-state index in [4.69, 9.17) is 0 Å². The fourth-order valence-electron chi connectivity index (χ4n) is 2.71. The molecule has 0 saturated carbocycles. The smallest absolute Gasteiger partial charge is 0.271 e. The number of nitro groups is 1. The first-order valence-corrected chi connectivity index (χ1v) is 10.0. The Morgan fingerprint density at radius 1 is 1.11 bits per heavy atom. The van der Waals surface area contributed by atoms with Crippen molar-refractivity contribution in [1.82, 2.24) is 5.32 Å². The van der Waals surface area contributed by atoms with Gasteiger partial charge in [0, 0.05) is 12.1 Å². The molecule has 0 fully saturated rings. The maximum Gasteiger partial charge on any atom is 0.271 e. The van der Waals surface area contributed by atoms with Crippen molar-refractivity contribution >= 4 is 27.3 Å². The van der Waals surface area contributed by atoms with E-state index in [9.17, 15) is 23.3 Å². The third-order valence-corrected chi connectivity index (χ3v) is 5.28. The van der Waals surface area contributed by atoms with Crippen LogP contribution in [0.1, 0.15) is 25.5 Å². The van der Waals surface area contributed by atoms with Crippen LogP contribution in [0.2, 0.25) is 0 Å². The van der Waals surface area contributed by atoms with Gasteiger partial charge >= 0.3 is 0 Å². The van der Waals surface area contributed by atoms with Gasteiger partial charge in [0.25, 0.3) is 5.69 Å². The molecule has 9 heteroatoms. The number of anilines is 1. The largest absolute Gasteiger partial charge is 0.348 e. The van der Waals surface area contributed by atoms with E-state index in [0.29, 0.717) is 0 Å². The van der Waals surface area contributed by atoms with E-state index in [1.807, 2.05) is 30.3 Å². The van der Waals surface area contributed by atoms with Gasteiger partial charge in [-0.25, -0.2) is 8.42 Å². The normalized spacial score (nSPS) is 13.4. The van der Waals surface area contributed by atoms with E-state index >= 15 is 0 Å². The molecule has 0 radical (unpaired) electrons. The maximum absolute atomic E-state index is 12.7. The molecule has 0 aliphatic rings. The second-order valence-electron chi connectivity index (χ2n) is 6.15. The van der Waals surface area contributed by atoms with Crippen molar-refractivity contribution < 1.29 is 18.1 Å². The number of rotatable bonds is 7. The van der Waals surface area contributed by atoms with Crippen molar-refractivity contribution in [2.45, 2.75) is 25.9 Å². The monoisotopic (exact) mass is 391 g/mol. The van der Waals surface area contributed by atoms with Crippen LogP contribution >= 0.6 is 0 Å². The van der Waals surface area contributed by atoms with E-state index in [1.54, 1.807) is 6.92 Å². The SMILES string of the molecule is C[C@H](NC(=O)[C@@H](C)N(c1cccc([N+](=O)[O-])c1)S(C)(=O)=O)c1ccccc1. The molecule has 0 aliphatic carbocycles. The summed E-state index contributed by atoms with van der Waals surface area (Å²) in [7, 11) is -3.86. The van der Waals surface area contributed by atoms with Crippen molar-refractivity contribution in [2.24, 2.45) is 0 Å². The summed E-state index contributed by atoms with van der Waals surface area (Å²) in [6.07, 6.45) is 0.955. The Balaban J connectivity index is 2.30. The summed E-state index contributed by atoms with van der Waals surface area (Å²) in [5.41, 5.74) is 0.674. The first kappa shape index (κ1) is 20.4.